The number of aldehydes is 1. The lowest BCUT2D eigenvalue weighted by Gasteiger charge is -2.59. The molecule has 2 N–H and O–H groups in total. The summed E-state index contributed by atoms with van der Waals surface area (Å²) in [6.07, 6.45) is 8.92. The number of ether oxygens (including phenoxy) is 6. The van der Waals surface area contributed by atoms with Crippen LogP contribution in [0.5, 0.6) is 28.7 Å². The maximum absolute atomic E-state index is 14.4. The molecule has 0 unspecified atom stereocenters. The van der Waals surface area contributed by atoms with Crippen LogP contribution in [0.15, 0.2) is 90.1 Å². The molecule has 0 saturated heterocycles. The average molecular weight is 825 g/mol. The van der Waals surface area contributed by atoms with Gasteiger partial charge in [-0.15, -0.1) is 6.58 Å². The Bertz CT molecular complexity index is 2050. The highest BCUT2D eigenvalue weighted by atomic mass is 16.7. The summed E-state index contributed by atoms with van der Waals surface area (Å²) in [6.45, 7) is 8.68. The van der Waals surface area contributed by atoms with Crippen molar-refractivity contribution in [3.8, 4) is 28.7 Å². The van der Waals surface area contributed by atoms with E-state index < -0.39 is 23.8 Å². The fourth-order valence-corrected chi connectivity index (χ4v) is 9.39. The van der Waals surface area contributed by atoms with Gasteiger partial charge < -0.3 is 43.5 Å². The highest BCUT2D eigenvalue weighted by Crippen LogP contribution is 2.62. The molecule has 4 aliphatic rings. The van der Waals surface area contributed by atoms with E-state index in [1.807, 2.05) is 43.3 Å². The molecule has 2 aliphatic carbocycles. The quantitative estimate of drug-likeness (QED) is 0.0489. The van der Waals surface area contributed by atoms with Crippen LogP contribution in [0.1, 0.15) is 86.2 Å². The second-order valence-corrected chi connectivity index (χ2v) is 15.5. The van der Waals surface area contributed by atoms with Crippen molar-refractivity contribution in [2.24, 2.45) is 22.9 Å². The molecule has 0 aromatic heterocycles. The van der Waals surface area contributed by atoms with Gasteiger partial charge in [-0.2, -0.15) is 0 Å². The Morgan fingerprint density at radius 3 is 2.50 bits per heavy atom. The molecule has 60 heavy (non-hydrogen) atoms. The maximum Gasteiger partial charge on any atom is 0.410 e. The first-order valence-electron chi connectivity index (χ1n) is 21.1. The zero-order valence-corrected chi connectivity index (χ0v) is 34.5. The Hall–Kier alpha value is -5.37. The Kier molecular flexibility index (Phi) is 14.1. The third-order valence-corrected chi connectivity index (χ3v) is 11.8. The van der Waals surface area contributed by atoms with Crippen LogP contribution < -0.4 is 18.9 Å². The summed E-state index contributed by atoms with van der Waals surface area (Å²) in [5.74, 6) is 0.705. The molecular formula is C47H56N2O11. The summed E-state index contributed by atoms with van der Waals surface area (Å²) in [5, 5.41) is 24.6. The lowest BCUT2D eigenvalue weighted by Crippen LogP contribution is -2.70. The van der Waals surface area contributed by atoms with Gasteiger partial charge >= 0.3 is 6.09 Å². The molecule has 1 fully saturated rings. The summed E-state index contributed by atoms with van der Waals surface area (Å²) in [6, 6.07) is 17.6. The molecule has 13 heteroatoms. The topological polar surface area (TPSA) is 155 Å². The molecule has 2 aliphatic heterocycles. The van der Waals surface area contributed by atoms with E-state index in [4.69, 9.17) is 38.4 Å². The van der Waals surface area contributed by atoms with Crippen molar-refractivity contribution in [3.63, 3.8) is 0 Å². The number of hydrogen-bond donors (Lipinski definition) is 2. The Morgan fingerprint density at radius 2 is 1.73 bits per heavy atom. The molecule has 7 rings (SSSR count). The van der Waals surface area contributed by atoms with E-state index in [2.05, 4.69) is 12.7 Å². The van der Waals surface area contributed by atoms with Crippen LogP contribution in [-0.4, -0.2) is 84.9 Å². The number of benzene rings is 3. The van der Waals surface area contributed by atoms with Crippen molar-refractivity contribution < 1.29 is 53.1 Å². The number of oxime groups is 1. The van der Waals surface area contributed by atoms with Crippen molar-refractivity contribution in [1.82, 2.24) is 4.90 Å². The van der Waals surface area contributed by atoms with Crippen LogP contribution in [0.3, 0.4) is 0 Å². The number of carbonyl (C=O) groups is 2. The number of carbonyl (C=O) groups excluding carboxylic acids is 2. The molecule has 2 heterocycles. The zero-order valence-electron chi connectivity index (χ0n) is 34.5. The number of amides is 1. The van der Waals surface area contributed by atoms with Crippen LogP contribution in [0.2, 0.25) is 0 Å². The van der Waals surface area contributed by atoms with Gasteiger partial charge in [0.25, 0.3) is 0 Å². The number of rotatable bonds is 20. The summed E-state index contributed by atoms with van der Waals surface area (Å²) in [4.78, 5) is 33.6. The average Bonchev–Trinajstić information content (AvgIpc) is 3.74. The minimum Gasteiger partial charge on any atom is -0.459 e. The zero-order chi connectivity index (χ0) is 42.1. The number of aliphatic hydroxyl groups is 2. The lowest BCUT2D eigenvalue weighted by atomic mass is 9.55. The highest BCUT2D eigenvalue weighted by Gasteiger charge is 2.65. The van der Waals surface area contributed by atoms with Gasteiger partial charge in [0.15, 0.2) is 11.5 Å². The second kappa shape index (κ2) is 19.8. The lowest BCUT2D eigenvalue weighted by molar-refractivity contribution is -0.256. The monoisotopic (exact) mass is 824 g/mol. The third-order valence-electron chi connectivity index (χ3n) is 11.8. The Morgan fingerprint density at radius 1 is 0.950 bits per heavy atom. The number of hydrogen-bond acceptors (Lipinski definition) is 12. The number of fused-ring (bicyclic) bond motifs is 3. The number of unbranched alkanes of at least 4 members (excludes halogenated alkanes) is 2. The smallest absolute Gasteiger partial charge is 0.410 e. The van der Waals surface area contributed by atoms with Crippen LogP contribution in [-0.2, 0) is 20.9 Å². The predicted molar refractivity (Wildman–Crippen MR) is 224 cm³/mol. The molecule has 6 atom stereocenters. The number of aliphatic hydroxyl groups excluding tert-OH is 2. The minimum atomic E-state index is -1.47. The standard InChI is InChI=1S/C47H56N2O11/c1-4-22-57-47-43(49(46(53)54-5-2)28-31-16-18-41-42(24-31)56-30-55-41)27-39(48-58-6-3)37-25-33(13-7-9-20-50)36(15-8-10-21-51)44(45(37)47)38-26-35(17-19-40(38)60-47)59-34-14-11-12-32(23-34)29-52/h4,11-12,14,16-19,23-26,29,33,36,43-45,50-51H,1,5-10,13,15,20-22,27-28,30H2,2-3H3/t33-,36+,43-,44+,45+,47+/m0/s1. The van der Waals surface area contributed by atoms with Gasteiger partial charge in [-0.3, -0.25) is 9.69 Å². The fourth-order valence-electron chi connectivity index (χ4n) is 9.39. The molecule has 0 bridgehead atoms. The van der Waals surface area contributed by atoms with E-state index in [-0.39, 0.29) is 63.9 Å². The largest absolute Gasteiger partial charge is 0.459 e. The van der Waals surface area contributed by atoms with Gasteiger partial charge in [0.05, 0.1) is 24.8 Å². The summed E-state index contributed by atoms with van der Waals surface area (Å²) < 4.78 is 37.9. The Balaban J connectivity index is 1.44. The summed E-state index contributed by atoms with van der Waals surface area (Å²) in [5.41, 5.74) is 3.79. The molecule has 1 amide bonds. The first kappa shape index (κ1) is 42.7. The SMILES string of the molecule is C=CCO[C@@]12Oc3ccc(Oc4cccc(C=O)c4)cc3[C@H]3[C@H](CCCCO)[C@@H](CCCCO)C=C(C(=NOCC)C[C@@H]1N(Cc1ccc4c(c1)OCO4)C(=O)OCC)[C@H]32. The molecule has 13 nitrogen and oxygen atoms in total. The first-order chi connectivity index (χ1) is 29.4. The first-order valence-corrected chi connectivity index (χ1v) is 21.1. The van der Waals surface area contributed by atoms with Gasteiger partial charge in [0, 0.05) is 43.2 Å². The molecule has 3 aromatic carbocycles. The van der Waals surface area contributed by atoms with Gasteiger partial charge in [-0.05, 0) is 105 Å². The van der Waals surface area contributed by atoms with E-state index in [0.29, 0.717) is 59.5 Å². The van der Waals surface area contributed by atoms with Crippen LogP contribution in [0.25, 0.3) is 0 Å². The van der Waals surface area contributed by atoms with Crippen molar-refractivity contribution in [1.29, 1.82) is 0 Å². The van der Waals surface area contributed by atoms with Crippen LogP contribution in [0.4, 0.5) is 4.79 Å². The van der Waals surface area contributed by atoms with Crippen molar-refractivity contribution >= 4 is 18.1 Å². The minimum absolute atomic E-state index is 0.0176. The van der Waals surface area contributed by atoms with Gasteiger partial charge in [-0.1, -0.05) is 48.3 Å². The fraction of sp³-hybridized carbons (Fsp3) is 0.468. The molecule has 0 spiro atoms. The third kappa shape index (κ3) is 8.89. The highest BCUT2D eigenvalue weighted by molar-refractivity contribution is 6.03. The summed E-state index contributed by atoms with van der Waals surface area (Å²) in [7, 11) is 0. The molecule has 0 radical (unpaired) electrons. The van der Waals surface area contributed by atoms with E-state index in [1.54, 1.807) is 42.2 Å². The van der Waals surface area contributed by atoms with Crippen molar-refractivity contribution in [3.05, 3.63) is 102 Å². The molecule has 1 saturated carbocycles. The normalized spacial score (nSPS) is 24.0. The van der Waals surface area contributed by atoms with E-state index in [1.165, 1.54) is 0 Å². The number of allylic oxidation sites excluding steroid dienone is 1. The molecule has 3 aromatic rings. The van der Waals surface area contributed by atoms with Gasteiger partial charge in [-0.25, -0.2) is 4.79 Å². The van der Waals surface area contributed by atoms with Crippen LogP contribution >= 0.6 is 0 Å². The van der Waals surface area contributed by atoms with Crippen molar-refractivity contribution in [2.45, 2.75) is 83.1 Å². The summed E-state index contributed by atoms with van der Waals surface area (Å²) >= 11 is 0. The van der Waals surface area contributed by atoms with E-state index in [9.17, 15) is 19.8 Å². The van der Waals surface area contributed by atoms with E-state index in [0.717, 1.165) is 48.7 Å². The Labute approximate surface area is 351 Å². The second-order valence-electron chi connectivity index (χ2n) is 15.5. The van der Waals surface area contributed by atoms with Crippen molar-refractivity contribution in [2.75, 3.05) is 39.8 Å². The number of nitrogens with zero attached hydrogens (tertiary/aromatic N) is 2. The molecule has 320 valence electrons. The van der Waals surface area contributed by atoms with Gasteiger partial charge in [0.1, 0.15) is 36.2 Å². The van der Waals surface area contributed by atoms with Crippen LogP contribution in [0, 0.1) is 17.8 Å². The predicted octanol–water partition coefficient (Wildman–Crippen LogP) is 8.33. The van der Waals surface area contributed by atoms with E-state index >= 15 is 0 Å². The maximum atomic E-state index is 14.4. The molecular weight excluding hydrogens is 769 g/mol. The van der Waals surface area contributed by atoms with Gasteiger partial charge in [0.2, 0.25) is 12.6 Å².